The van der Waals surface area contributed by atoms with E-state index in [-0.39, 0.29) is 28.5 Å². The molecule has 0 unspecified atom stereocenters. The molecule has 35 heavy (non-hydrogen) atoms. The molecule has 176 valence electrons. The summed E-state index contributed by atoms with van der Waals surface area (Å²) < 4.78 is 4.99. The Hall–Kier alpha value is -4.43. The van der Waals surface area contributed by atoms with E-state index in [1.54, 1.807) is 55.5 Å². The third-order valence-corrected chi connectivity index (χ3v) is 6.22. The molecule has 0 saturated carbocycles. The molecule has 3 aromatic carbocycles. The van der Waals surface area contributed by atoms with Gasteiger partial charge in [-0.2, -0.15) is 0 Å². The van der Waals surface area contributed by atoms with Crippen LogP contribution in [0.25, 0.3) is 0 Å². The molecular weight excluding hydrogens is 462 g/mol. The highest BCUT2D eigenvalue weighted by Gasteiger charge is 2.26. The first kappa shape index (κ1) is 23.7. The van der Waals surface area contributed by atoms with Gasteiger partial charge in [0.25, 0.3) is 5.91 Å². The van der Waals surface area contributed by atoms with Crippen molar-refractivity contribution < 1.29 is 19.1 Å². The first-order valence-corrected chi connectivity index (χ1v) is 11.7. The lowest BCUT2D eigenvalue weighted by Crippen LogP contribution is -2.15. The fourth-order valence-corrected chi connectivity index (χ4v) is 4.50. The van der Waals surface area contributed by atoms with Gasteiger partial charge < -0.3 is 21.1 Å². The summed E-state index contributed by atoms with van der Waals surface area (Å²) in [6.07, 6.45) is 0. The average Bonchev–Trinajstić information content (AvgIpc) is 3.20. The van der Waals surface area contributed by atoms with Crippen LogP contribution in [0.5, 0.6) is 0 Å². The average molecular weight is 486 g/mol. The van der Waals surface area contributed by atoms with Gasteiger partial charge in [-0.1, -0.05) is 48.5 Å². The monoisotopic (exact) mass is 485 g/mol. The van der Waals surface area contributed by atoms with Gasteiger partial charge in [-0.05, 0) is 43.3 Å². The summed E-state index contributed by atoms with van der Waals surface area (Å²) in [5.41, 5.74) is 8.72. The van der Waals surface area contributed by atoms with Gasteiger partial charge in [0.1, 0.15) is 9.88 Å². The number of esters is 1. The smallest absolute Gasteiger partial charge is 0.338 e. The van der Waals surface area contributed by atoms with Gasteiger partial charge in [0.2, 0.25) is 5.78 Å². The number of anilines is 4. The topological polar surface area (TPSA) is 111 Å². The summed E-state index contributed by atoms with van der Waals surface area (Å²) in [6, 6.07) is 24.4. The molecule has 0 atom stereocenters. The number of para-hydroxylation sites is 1. The van der Waals surface area contributed by atoms with E-state index in [0.717, 1.165) is 17.0 Å². The fraction of sp³-hybridized carbons (Fsp3) is 0.0741. The SMILES string of the molecule is CCOC(=O)c1ccc(NC(=O)c2c(Nc3ccccc3)sc(C(=O)c3ccccc3)c2N)cc1. The summed E-state index contributed by atoms with van der Waals surface area (Å²) in [6.45, 7) is 2.01. The molecule has 0 aliphatic rings. The molecule has 0 saturated heterocycles. The summed E-state index contributed by atoms with van der Waals surface area (Å²) >= 11 is 1.13. The summed E-state index contributed by atoms with van der Waals surface area (Å²) in [7, 11) is 0. The van der Waals surface area contributed by atoms with Crippen molar-refractivity contribution >= 4 is 51.1 Å². The number of carbonyl (C=O) groups excluding carboxylic acids is 3. The number of nitrogen functional groups attached to an aromatic ring is 1. The number of benzene rings is 3. The number of hydrogen-bond donors (Lipinski definition) is 3. The maximum atomic E-state index is 13.3. The lowest BCUT2D eigenvalue weighted by molar-refractivity contribution is 0.0526. The number of ketones is 1. The zero-order chi connectivity index (χ0) is 24.8. The molecule has 4 N–H and O–H groups in total. The van der Waals surface area contributed by atoms with E-state index in [1.807, 2.05) is 36.4 Å². The van der Waals surface area contributed by atoms with Crippen LogP contribution in [-0.2, 0) is 4.74 Å². The van der Waals surface area contributed by atoms with Crippen LogP contribution in [0, 0.1) is 0 Å². The maximum absolute atomic E-state index is 13.3. The van der Waals surface area contributed by atoms with Crippen molar-refractivity contribution in [3.8, 4) is 0 Å². The van der Waals surface area contributed by atoms with Crippen LogP contribution < -0.4 is 16.4 Å². The van der Waals surface area contributed by atoms with E-state index in [4.69, 9.17) is 10.5 Å². The predicted molar refractivity (Wildman–Crippen MR) is 139 cm³/mol. The second-order valence-electron chi connectivity index (χ2n) is 7.49. The number of rotatable bonds is 8. The van der Waals surface area contributed by atoms with Crippen molar-refractivity contribution in [3.05, 3.63) is 106 Å². The second-order valence-corrected chi connectivity index (χ2v) is 8.51. The Kier molecular flexibility index (Phi) is 7.23. The molecule has 1 aromatic heterocycles. The summed E-state index contributed by atoms with van der Waals surface area (Å²) in [5.74, 6) is -1.18. The molecule has 0 radical (unpaired) electrons. The first-order valence-electron chi connectivity index (χ1n) is 10.9. The zero-order valence-corrected chi connectivity index (χ0v) is 19.7. The van der Waals surface area contributed by atoms with Crippen molar-refractivity contribution in [3.63, 3.8) is 0 Å². The van der Waals surface area contributed by atoms with Crippen LogP contribution in [-0.4, -0.2) is 24.3 Å². The fourth-order valence-electron chi connectivity index (χ4n) is 3.40. The van der Waals surface area contributed by atoms with Gasteiger partial charge in [-0.25, -0.2) is 4.79 Å². The quantitative estimate of drug-likeness (QED) is 0.217. The number of nitrogens with one attached hydrogen (secondary N) is 2. The minimum atomic E-state index is -0.479. The van der Waals surface area contributed by atoms with Crippen molar-refractivity contribution in [2.45, 2.75) is 6.92 Å². The number of thiophene rings is 1. The Bertz CT molecular complexity index is 1350. The molecule has 4 aromatic rings. The minimum absolute atomic E-state index is 0.0999. The van der Waals surface area contributed by atoms with Crippen LogP contribution in [0.2, 0.25) is 0 Å². The molecule has 8 heteroatoms. The van der Waals surface area contributed by atoms with Crippen LogP contribution in [0.15, 0.2) is 84.9 Å². The minimum Gasteiger partial charge on any atom is -0.462 e. The summed E-state index contributed by atoms with van der Waals surface area (Å²) in [4.78, 5) is 38.6. The van der Waals surface area contributed by atoms with Crippen molar-refractivity contribution in [1.29, 1.82) is 0 Å². The van der Waals surface area contributed by atoms with Crippen LogP contribution >= 0.6 is 11.3 Å². The van der Waals surface area contributed by atoms with E-state index in [0.29, 0.717) is 21.8 Å². The van der Waals surface area contributed by atoms with Crippen molar-refractivity contribution in [2.24, 2.45) is 0 Å². The van der Waals surface area contributed by atoms with Crippen molar-refractivity contribution in [2.75, 3.05) is 23.0 Å². The van der Waals surface area contributed by atoms with Gasteiger partial charge in [0, 0.05) is 16.9 Å². The maximum Gasteiger partial charge on any atom is 0.338 e. The molecule has 7 nitrogen and oxygen atoms in total. The number of carbonyl (C=O) groups is 3. The van der Waals surface area contributed by atoms with Gasteiger partial charge in [-0.15, -0.1) is 11.3 Å². The lowest BCUT2D eigenvalue weighted by atomic mass is 10.1. The van der Waals surface area contributed by atoms with E-state index in [2.05, 4.69) is 10.6 Å². The second kappa shape index (κ2) is 10.7. The molecule has 0 bridgehead atoms. The molecule has 0 aliphatic carbocycles. The van der Waals surface area contributed by atoms with Crippen LogP contribution in [0.4, 0.5) is 22.1 Å². The largest absolute Gasteiger partial charge is 0.462 e. The first-order chi connectivity index (χ1) is 17.0. The normalized spacial score (nSPS) is 10.4. The van der Waals surface area contributed by atoms with Crippen LogP contribution in [0.3, 0.4) is 0 Å². The Labute approximate surface area is 206 Å². The third kappa shape index (κ3) is 5.39. The molecule has 0 spiro atoms. The Morgan fingerprint density at radius 2 is 1.46 bits per heavy atom. The van der Waals surface area contributed by atoms with Gasteiger partial charge in [0.15, 0.2) is 0 Å². The highest BCUT2D eigenvalue weighted by molar-refractivity contribution is 7.19. The number of amides is 1. The Morgan fingerprint density at radius 3 is 2.09 bits per heavy atom. The number of hydrogen-bond acceptors (Lipinski definition) is 7. The number of nitrogens with two attached hydrogens (primary N) is 1. The lowest BCUT2D eigenvalue weighted by Gasteiger charge is -2.10. The molecule has 0 aliphatic heterocycles. The molecular formula is C27H23N3O4S. The molecule has 1 heterocycles. The van der Waals surface area contributed by atoms with Crippen LogP contribution in [0.1, 0.15) is 42.9 Å². The van der Waals surface area contributed by atoms with E-state index >= 15 is 0 Å². The predicted octanol–water partition coefficient (Wildman–Crippen LogP) is 5.73. The van der Waals surface area contributed by atoms with E-state index < -0.39 is 11.9 Å². The Balaban J connectivity index is 1.66. The third-order valence-electron chi connectivity index (χ3n) is 5.10. The zero-order valence-electron chi connectivity index (χ0n) is 18.9. The number of ether oxygens (including phenoxy) is 1. The van der Waals surface area contributed by atoms with Gasteiger partial charge in [-0.3, -0.25) is 9.59 Å². The van der Waals surface area contributed by atoms with Gasteiger partial charge >= 0.3 is 5.97 Å². The molecule has 4 rings (SSSR count). The highest BCUT2D eigenvalue weighted by atomic mass is 32.1. The van der Waals surface area contributed by atoms with Crippen molar-refractivity contribution in [1.82, 2.24) is 0 Å². The highest BCUT2D eigenvalue weighted by Crippen LogP contribution is 2.39. The van der Waals surface area contributed by atoms with Gasteiger partial charge in [0.05, 0.1) is 23.4 Å². The van der Waals surface area contributed by atoms with E-state index in [9.17, 15) is 14.4 Å². The molecule has 1 amide bonds. The molecule has 0 fully saturated rings. The Morgan fingerprint density at radius 1 is 0.829 bits per heavy atom. The van der Waals surface area contributed by atoms with E-state index in [1.165, 1.54) is 0 Å². The standard InChI is InChI=1S/C27H23N3O4S/c1-2-34-27(33)18-13-15-20(16-14-18)29-25(32)21-22(28)24(23(31)17-9-5-3-6-10-17)35-26(21)30-19-11-7-4-8-12-19/h3-16,30H,2,28H2,1H3,(H,29,32). The summed E-state index contributed by atoms with van der Waals surface area (Å²) in [5, 5.41) is 6.46.